The van der Waals surface area contributed by atoms with Gasteiger partial charge < -0.3 is 19.2 Å². The number of methoxy groups -OCH3 is 3. The first-order chi connectivity index (χ1) is 13.6. The van der Waals surface area contributed by atoms with E-state index in [-0.39, 0.29) is 0 Å². The van der Waals surface area contributed by atoms with Crippen molar-refractivity contribution in [2.24, 2.45) is 0 Å². The minimum Gasteiger partial charge on any atom is -0.493 e. The molecule has 2 aromatic carbocycles. The van der Waals surface area contributed by atoms with Crippen LogP contribution in [0.25, 0.3) is 33.8 Å². The number of aryl methyl sites for hydroxylation is 1. The number of imidazole rings is 1. The molecule has 0 aliphatic rings. The lowest BCUT2D eigenvalue weighted by atomic mass is 10.1. The van der Waals surface area contributed by atoms with Gasteiger partial charge in [0.15, 0.2) is 17.3 Å². The summed E-state index contributed by atoms with van der Waals surface area (Å²) in [4.78, 5) is 12.8. The fraction of sp³-hybridized carbons (Fsp3) is 0.182. The molecule has 0 saturated heterocycles. The van der Waals surface area contributed by atoms with Crippen molar-refractivity contribution in [3.8, 4) is 40.0 Å². The Balaban J connectivity index is 1.80. The van der Waals surface area contributed by atoms with Crippen molar-refractivity contribution < 1.29 is 14.2 Å². The topological polar surface area (TPSA) is 69.3 Å². The molecule has 4 rings (SSSR count). The Bertz CT molecular complexity index is 1130. The van der Waals surface area contributed by atoms with Gasteiger partial charge in [0.25, 0.3) is 0 Å². The summed E-state index contributed by atoms with van der Waals surface area (Å²) < 4.78 is 16.3. The van der Waals surface area contributed by atoms with Crippen molar-refractivity contribution >= 4 is 11.0 Å². The average molecular weight is 375 g/mol. The van der Waals surface area contributed by atoms with E-state index in [4.69, 9.17) is 19.2 Å². The second kappa shape index (κ2) is 7.23. The van der Waals surface area contributed by atoms with Crippen molar-refractivity contribution in [3.63, 3.8) is 0 Å². The number of fused-ring (bicyclic) bond motifs is 1. The first-order valence-corrected chi connectivity index (χ1v) is 8.87. The van der Waals surface area contributed by atoms with Crippen LogP contribution in [0.1, 0.15) is 5.56 Å². The zero-order valence-corrected chi connectivity index (χ0v) is 16.2. The fourth-order valence-corrected chi connectivity index (χ4v) is 3.20. The summed E-state index contributed by atoms with van der Waals surface area (Å²) in [5.41, 5.74) is 5.51. The van der Waals surface area contributed by atoms with Gasteiger partial charge in [0.2, 0.25) is 5.75 Å². The highest BCUT2D eigenvalue weighted by Gasteiger charge is 2.15. The molecule has 0 unspecified atom stereocenters. The van der Waals surface area contributed by atoms with Crippen molar-refractivity contribution in [2.45, 2.75) is 6.92 Å². The number of ether oxygens (including phenoxy) is 3. The van der Waals surface area contributed by atoms with Gasteiger partial charge >= 0.3 is 0 Å². The van der Waals surface area contributed by atoms with Crippen molar-refractivity contribution in [3.05, 3.63) is 54.1 Å². The number of hydrogen-bond donors (Lipinski definition) is 1. The van der Waals surface area contributed by atoms with Gasteiger partial charge in [0.05, 0.1) is 38.1 Å². The van der Waals surface area contributed by atoms with E-state index in [9.17, 15) is 0 Å². The molecule has 0 aliphatic carbocycles. The van der Waals surface area contributed by atoms with Gasteiger partial charge in [0, 0.05) is 5.56 Å². The maximum atomic E-state index is 5.46. The van der Waals surface area contributed by atoms with E-state index >= 15 is 0 Å². The molecular formula is C22H21N3O3. The lowest BCUT2D eigenvalue weighted by molar-refractivity contribution is 0.324. The molecule has 28 heavy (non-hydrogen) atoms. The Morgan fingerprint density at radius 2 is 1.50 bits per heavy atom. The SMILES string of the molecule is COc1cc(-c2cccc(-c3nc4ccc(C)cc4[nH]3)n2)cc(OC)c1OC. The summed E-state index contributed by atoms with van der Waals surface area (Å²) in [7, 11) is 4.78. The molecule has 2 aromatic heterocycles. The number of hydrogen-bond acceptors (Lipinski definition) is 5. The molecule has 0 saturated carbocycles. The third-order valence-electron chi connectivity index (χ3n) is 4.59. The molecule has 0 atom stereocenters. The number of H-pyrrole nitrogens is 1. The van der Waals surface area contributed by atoms with Crippen molar-refractivity contribution in [1.82, 2.24) is 15.0 Å². The van der Waals surface area contributed by atoms with E-state index in [1.165, 1.54) is 5.56 Å². The summed E-state index contributed by atoms with van der Waals surface area (Å²) in [6, 6.07) is 15.7. The van der Waals surface area contributed by atoms with E-state index in [2.05, 4.69) is 23.0 Å². The molecule has 6 heteroatoms. The number of aromatic amines is 1. The van der Waals surface area contributed by atoms with E-state index in [0.717, 1.165) is 33.8 Å². The van der Waals surface area contributed by atoms with Gasteiger partial charge in [-0.1, -0.05) is 12.1 Å². The van der Waals surface area contributed by atoms with Crippen LogP contribution in [-0.4, -0.2) is 36.3 Å². The first kappa shape index (κ1) is 17.9. The highest BCUT2D eigenvalue weighted by molar-refractivity contribution is 5.80. The zero-order chi connectivity index (χ0) is 19.7. The summed E-state index contributed by atoms with van der Waals surface area (Å²) in [5, 5.41) is 0. The standard InChI is InChI=1S/C22H21N3O3/c1-13-8-9-16-18(10-13)25-22(24-16)17-7-5-6-15(23-17)14-11-19(26-2)21(28-4)20(12-14)27-3/h5-12H,1-4H3,(H,24,25). The number of aromatic nitrogens is 3. The number of benzene rings is 2. The summed E-state index contributed by atoms with van der Waals surface area (Å²) in [6.45, 7) is 2.06. The van der Waals surface area contributed by atoms with Crippen LogP contribution in [0.4, 0.5) is 0 Å². The molecular weight excluding hydrogens is 354 g/mol. The molecule has 1 N–H and O–H groups in total. The van der Waals surface area contributed by atoms with Gasteiger partial charge in [-0.05, 0) is 48.9 Å². The first-order valence-electron chi connectivity index (χ1n) is 8.87. The normalized spacial score (nSPS) is 10.9. The van der Waals surface area contributed by atoms with Crippen LogP contribution in [0.5, 0.6) is 17.2 Å². The molecule has 6 nitrogen and oxygen atoms in total. The smallest absolute Gasteiger partial charge is 0.203 e. The lowest BCUT2D eigenvalue weighted by Crippen LogP contribution is -1.96. The van der Waals surface area contributed by atoms with Crippen LogP contribution < -0.4 is 14.2 Å². The zero-order valence-electron chi connectivity index (χ0n) is 16.2. The van der Waals surface area contributed by atoms with E-state index in [1.54, 1.807) is 21.3 Å². The Hall–Kier alpha value is -3.54. The van der Waals surface area contributed by atoms with Crippen molar-refractivity contribution in [1.29, 1.82) is 0 Å². The average Bonchev–Trinajstić information content (AvgIpc) is 3.16. The highest BCUT2D eigenvalue weighted by Crippen LogP contribution is 2.41. The minimum absolute atomic E-state index is 0.553. The molecule has 0 spiro atoms. The maximum Gasteiger partial charge on any atom is 0.203 e. The number of nitrogens with zero attached hydrogens (tertiary/aromatic N) is 2. The van der Waals surface area contributed by atoms with Crippen LogP contribution in [0.2, 0.25) is 0 Å². The number of rotatable bonds is 5. The largest absolute Gasteiger partial charge is 0.493 e. The Morgan fingerprint density at radius 3 is 2.18 bits per heavy atom. The Morgan fingerprint density at radius 1 is 0.786 bits per heavy atom. The number of nitrogens with one attached hydrogen (secondary N) is 1. The Kier molecular flexibility index (Phi) is 4.61. The molecule has 0 radical (unpaired) electrons. The quantitative estimate of drug-likeness (QED) is 0.551. The minimum atomic E-state index is 0.553. The van der Waals surface area contributed by atoms with Crippen LogP contribution in [0.15, 0.2) is 48.5 Å². The molecule has 0 amide bonds. The highest BCUT2D eigenvalue weighted by atomic mass is 16.5. The molecule has 142 valence electrons. The number of pyridine rings is 1. The molecule has 4 aromatic rings. The second-order valence-corrected chi connectivity index (χ2v) is 6.43. The maximum absolute atomic E-state index is 5.46. The van der Waals surface area contributed by atoms with Gasteiger partial charge in [0.1, 0.15) is 5.69 Å². The second-order valence-electron chi connectivity index (χ2n) is 6.43. The van der Waals surface area contributed by atoms with Gasteiger partial charge in [-0.25, -0.2) is 9.97 Å². The van der Waals surface area contributed by atoms with Gasteiger partial charge in [-0.3, -0.25) is 0 Å². The summed E-state index contributed by atoms with van der Waals surface area (Å²) in [5.74, 6) is 2.46. The Labute approximate surface area is 163 Å². The third kappa shape index (κ3) is 3.13. The van der Waals surface area contributed by atoms with Gasteiger partial charge in [-0.15, -0.1) is 0 Å². The molecule has 0 aliphatic heterocycles. The molecule has 0 fully saturated rings. The fourth-order valence-electron chi connectivity index (χ4n) is 3.20. The van der Waals surface area contributed by atoms with Crippen LogP contribution in [0, 0.1) is 6.92 Å². The van der Waals surface area contributed by atoms with Crippen LogP contribution in [0.3, 0.4) is 0 Å². The predicted molar refractivity (Wildman–Crippen MR) is 109 cm³/mol. The third-order valence-corrected chi connectivity index (χ3v) is 4.59. The van der Waals surface area contributed by atoms with Crippen LogP contribution >= 0.6 is 0 Å². The predicted octanol–water partition coefficient (Wildman–Crippen LogP) is 4.63. The van der Waals surface area contributed by atoms with Gasteiger partial charge in [-0.2, -0.15) is 0 Å². The molecule has 0 bridgehead atoms. The summed E-state index contributed by atoms with van der Waals surface area (Å²) >= 11 is 0. The van der Waals surface area contributed by atoms with E-state index < -0.39 is 0 Å². The van der Waals surface area contributed by atoms with E-state index in [0.29, 0.717) is 17.2 Å². The van der Waals surface area contributed by atoms with E-state index in [1.807, 2.05) is 42.5 Å². The van der Waals surface area contributed by atoms with Crippen molar-refractivity contribution in [2.75, 3.05) is 21.3 Å². The monoisotopic (exact) mass is 375 g/mol. The summed E-state index contributed by atoms with van der Waals surface area (Å²) in [6.07, 6.45) is 0. The van der Waals surface area contributed by atoms with Crippen LogP contribution in [-0.2, 0) is 0 Å². The molecule has 2 heterocycles. The lowest BCUT2D eigenvalue weighted by Gasteiger charge is -2.14.